The van der Waals surface area contributed by atoms with Crippen LogP contribution >= 0.6 is 11.3 Å². The molecule has 1 amide bonds. The van der Waals surface area contributed by atoms with E-state index in [4.69, 9.17) is 0 Å². The van der Waals surface area contributed by atoms with Gasteiger partial charge in [-0.15, -0.1) is 0 Å². The molecule has 0 radical (unpaired) electrons. The lowest BCUT2D eigenvalue weighted by atomic mass is 9.91. The third-order valence-electron chi connectivity index (χ3n) is 4.79. The lowest BCUT2D eigenvalue weighted by Gasteiger charge is -2.32. The fourth-order valence-corrected chi connectivity index (χ4v) is 4.17. The standard InChI is InChI=1S/C20H19NOS/c22-20(18-6-5-15-3-1-2-4-17(15)13-18)21-10-7-16(8-11-21)19-9-12-23-14-19/h1-6,9,12-14,16H,7-8,10-11H2. The van der Waals surface area contributed by atoms with Gasteiger partial charge in [-0.05, 0) is 64.1 Å². The van der Waals surface area contributed by atoms with Gasteiger partial charge in [-0.1, -0.05) is 30.3 Å². The van der Waals surface area contributed by atoms with Crippen molar-refractivity contribution in [1.82, 2.24) is 4.90 Å². The maximum atomic E-state index is 12.8. The Labute approximate surface area is 140 Å². The normalized spacial score (nSPS) is 15.9. The van der Waals surface area contributed by atoms with Crippen molar-refractivity contribution in [3.8, 4) is 0 Å². The van der Waals surface area contributed by atoms with E-state index in [1.54, 1.807) is 11.3 Å². The number of thiophene rings is 1. The summed E-state index contributed by atoms with van der Waals surface area (Å²) in [5.74, 6) is 0.779. The van der Waals surface area contributed by atoms with Crippen LogP contribution in [0, 0.1) is 0 Å². The molecule has 0 unspecified atom stereocenters. The van der Waals surface area contributed by atoms with Gasteiger partial charge in [-0.2, -0.15) is 11.3 Å². The Hall–Kier alpha value is -2.13. The fourth-order valence-electron chi connectivity index (χ4n) is 3.43. The molecule has 1 aliphatic heterocycles. The molecular weight excluding hydrogens is 302 g/mol. The lowest BCUT2D eigenvalue weighted by molar-refractivity contribution is 0.0713. The zero-order valence-corrected chi connectivity index (χ0v) is 13.8. The monoisotopic (exact) mass is 321 g/mol. The molecule has 0 atom stereocenters. The van der Waals surface area contributed by atoms with E-state index in [1.807, 2.05) is 35.2 Å². The molecule has 3 heteroatoms. The van der Waals surface area contributed by atoms with Crippen LogP contribution in [0.2, 0.25) is 0 Å². The van der Waals surface area contributed by atoms with Gasteiger partial charge >= 0.3 is 0 Å². The SMILES string of the molecule is O=C(c1ccc2ccccc2c1)N1CCC(c2ccsc2)CC1. The maximum Gasteiger partial charge on any atom is 0.253 e. The molecule has 2 heterocycles. The molecule has 1 aliphatic rings. The second-order valence-electron chi connectivity index (χ2n) is 6.19. The van der Waals surface area contributed by atoms with Gasteiger partial charge in [0.2, 0.25) is 0 Å². The van der Waals surface area contributed by atoms with Crippen LogP contribution in [0.1, 0.15) is 34.7 Å². The van der Waals surface area contributed by atoms with Crippen LogP contribution in [-0.4, -0.2) is 23.9 Å². The molecule has 0 saturated carbocycles. The van der Waals surface area contributed by atoms with E-state index in [0.717, 1.165) is 36.9 Å². The Morgan fingerprint density at radius 1 is 1.00 bits per heavy atom. The number of hydrogen-bond donors (Lipinski definition) is 0. The predicted octanol–water partition coefficient (Wildman–Crippen LogP) is 4.92. The third kappa shape index (κ3) is 2.89. The molecule has 0 bridgehead atoms. The zero-order valence-electron chi connectivity index (χ0n) is 12.9. The first-order chi connectivity index (χ1) is 11.3. The number of nitrogens with zero attached hydrogens (tertiary/aromatic N) is 1. The van der Waals surface area contributed by atoms with Gasteiger partial charge in [0.05, 0.1) is 0 Å². The average Bonchev–Trinajstić information content (AvgIpc) is 3.15. The zero-order chi connectivity index (χ0) is 15.6. The highest BCUT2D eigenvalue weighted by Gasteiger charge is 2.24. The highest BCUT2D eigenvalue weighted by Crippen LogP contribution is 2.30. The quantitative estimate of drug-likeness (QED) is 0.656. The Morgan fingerprint density at radius 2 is 1.78 bits per heavy atom. The fraction of sp³-hybridized carbons (Fsp3) is 0.250. The van der Waals surface area contributed by atoms with Crippen LogP contribution in [0.25, 0.3) is 10.8 Å². The van der Waals surface area contributed by atoms with Crippen LogP contribution < -0.4 is 0 Å². The van der Waals surface area contributed by atoms with E-state index in [2.05, 4.69) is 29.0 Å². The smallest absolute Gasteiger partial charge is 0.253 e. The number of rotatable bonds is 2. The Balaban J connectivity index is 1.48. The van der Waals surface area contributed by atoms with Gasteiger partial charge in [0.25, 0.3) is 5.91 Å². The second-order valence-corrected chi connectivity index (χ2v) is 6.97. The molecule has 116 valence electrons. The number of piperidine rings is 1. The van der Waals surface area contributed by atoms with E-state index in [0.29, 0.717) is 5.92 Å². The van der Waals surface area contributed by atoms with Gasteiger partial charge < -0.3 is 4.90 Å². The summed E-state index contributed by atoms with van der Waals surface area (Å²) in [7, 11) is 0. The molecule has 4 rings (SSSR count). The Bertz CT molecular complexity index is 817. The lowest BCUT2D eigenvalue weighted by Crippen LogP contribution is -2.37. The first-order valence-electron chi connectivity index (χ1n) is 8.11. The average molecular weight is 321 g/mol. The predicted molar refractivity (Wildman–Crippen MR) is 96.1 cm³/mol. The molecule has 2 aromatic carbocycles. The Morgan fingerprint density at radius 3 is 2.52 bits per heavy atom. The summed E-state index contributed by atoms with van der Waals surface area (Å²) in [6, 6.07) is 16.4. The summed E-state index contributed by atoms with van der Waals surface area (Å²) in [6.45, 7) is 1.71. The minimum Gasteiger partial charge on any atom is -0.339 e. The van der Waals surface area contributed by atoms with Gasteiger partial charge in [0, 0.05) is 18.7 Å². The molecule has 3 aromatic rings. The number of carbonyl (C=O) groups is 1. The van der Waals surface area contributed by atoms with Crippen LogP contribution in [0.4, 0.5) is 0 Å². The topological polar surface area (TPSA) is 20.3 Å². The molecule has 0 aliphatic carbocycles. The maximum absolute atomic E-state index is 12.8. The van der Waals surface area contributed by atoms with Crippen molar-refractivity contribution in [2.24, 2.45) is 0 Å². The third-order valence-corrected chi connectivity index (χ3v) is 5.49. The molecular formula is C20H19NOS. The second kappa shape index (κ2) is 6.17. The first-order valence-corrected chi connectivity index (χ1v) is 9.06. The van der Waals surface area contributed by atoms with Crippen LogP contribution in [0.15, 0.2) is 59.3 Å². The summed E-state index contributed by atoms with van der Waals surface area (Å²) in [5, 5.41) is 6.69. The van der Waals surface area contributed by atoms with Gasteiger partial charge in [-0.3, -0.25) is 4.79 Å². The van der Waals surface area contributed by atoms with Gasteiger partial charge in [-0.25, -0.2) is 0 Å². The number of hydrogen-bond acceptors (Lipinski definition) is 2. The summed E-state index contributed by atoms with van der Waals surface area (Å²) in [4.78, 5) is 14.8. The van der Waals surface area contributed by atoms with Crippen LogP contribution in [-0.2, 0) is 0 Å². The highest BCUT2D eigenvalue weighted by atomic mass is 32.1. The minimum atomic E-state index is 0.166. The largest absolute Gasteiger partial charge is 0.339 e. The number of carbonyl (C=O) groups excluding carboxylic acids is 1. The van der Waals surface area contributed by atoms with Crippen molar-refractivity contribution in [2.45, 2.75) is 18.8 Å². The summed E-state index contributed by atoms with van der Waals surface area (Å²) in [5.41, 5.74) is 2.24. The highest BCUT2D eigenvalue weighted by molar-refractivity contribution is 7.07. The van der Waals surface area contributed by atoms with E-state index >= 15 is 0 Å². The van der Waals surface area contributed by atoms with Crippen molar-refractivity contribution in [1.29, 1.82) is 0 Å². The van der Waals surface area contributed by atoms with Crippen molar-refractivity contribution in [3.05, 3.63) is 70.4 Å². The molecule has 1 aromatic heterocycles. The van der Waals surface area contributed by atoms with Crippen molar-refractivity contribution in [2.75, 3.05) is 13.1 Å². The Kier molecular flexibility index (Phi) is 3.88. The van der Waals surface area contributed by atoms with Crippen LogP contribution in [0.3, 0.4) is 0 Å². The van der Waals surface area contributed by atoms with E-state index in [1.165, 1.54) is 10.9 Å². The van der Waals surface area contributed by atoms with E-state index in [-0.39, 0.29) is 5.91 Å². The molecule has 1 fully saturated rings. The molecule has 2 nitrogen and oxygen atoms in total. The van der Waals surface area contributed by atoms with Gasteiger partial charge in [0.1, 0.15) is 0 Å². The number of amides is 1. The summed E-state index contributed by atoms with van der Waals surface area (Å²) in [6.07, 6.45) is 2.13. The minimum absolute atomic E-state index is 0.166. The number of likely N-dealkylation sites (tertiary alicyclic amines) is 1. The molecule has 1 saturated heterocycles. The van der Waals surface area contributed by atoms with Crippen LogP contribution in [0.5, 0.6) is 0 Å². The molecule has 0 spiro atoms. The van der Waals surface area contributed by atoms with Crippen molar-refractivity contribution in [3.63, 3.8) is 0 Å². The van der Waals surface area contributed by atoms with Gasteiger partial charge in [0.15, 0.2) is 0 Å². The molecule has 23 heavy (non-hydrogen) atoms. The van der Waals surface area contributed by atoms with E-state index in [9.17, 15) is 4.79 Å². The summed E-state index contributed by atoms with van der Waals surface area (Å²) < 4.78 is 0. The van der Waals surface area contributed by atoms with Crippen molar-refractivity contribution < 1.29 is 4.79 Å². The van der Waals surface area contributed by atoms with Crippen molar-refractivity contribution >= 4 is 28.0 Å². The first kappa shape index (κ1) is 14.5. The number of benzene rings is 2. The summed E-state index contributed by atoms with van der Waals surface area (Å²) >= 11 is 1.76. The molecule has 0 N–H and O–H groups in total. The number of fused-ring (bicyclic) bond motifs is 1. The van der Waals surface area contributed by atoms with E-state index < -0.39 is 0 Å².